The van der Waals surface area contributed by atoms with Gasteiger partial charge in [0.05, 0.1) is 11.7 Å². The molecule has 0 aliphatic rings. The lowest BCUT2D eigenvalue weighted by Crippen LogP contribution is -2.05. The Bertz CT molecular complexity index is 758. The van der Waals surface area contributed by atoms with Crippen LogP contribution in [0.3, 0.4) is 0 Å². The minimum absolute atomic E-state index is 0.878. The third-order valence-corrected chi connectivity index (χ3v) is 3.14. The van der Waals surface area contributed by atoms with Crippen molar-refractivity contribution in [1.82, 2.24) is 9.55 Å². The second-order valence-corrected chi connectivity index (χ2v) is 4.76. The first kappa shape index (κ1) is 14.7. The van der Waals surface area contributed by atoms with Crippen molar-refractivity contribution >= 4 is 16.7 Å². The van der Waals surface area contributed by atoms with Gasteiger partial charge in [0.15, 0.2) is 0 Å². The number of aliphatic imine (C=N–C) groups is 1. The molecule has 2 rings (SSSR count). The molecule has 0 amide bonds. The Kier molecular flexibility index (Phi) is 4.67. The predicted molar refractivity (Wildman–Crippen MR) is 90.5 cm³/mol. The molecule has 0 aliphatic heterocycles. The smallest absolute Gasteiger partial charge is 0.110 e. The van der Waals surface area contributed by atoms with Gasteiger partial charge in [-0.25, -0.2) is 4.99 Å². The summed E-state index contributed by atoms with van der Waals surface area (Å²) in [6.45, 7) is 11.6. The van der Waals surface area contributed by atoms with E-state index in [-0.39, 0.29) is 0 Å². The molecule has 0 fully saturated rings. The van der Waals surface area contributed by atoms with Crippen molar-refractivity contribution in [3.05, 3.63) is 79.5 Å². The summed E-state index contributed by atoms with van der Waals surface area (Å²) in [7, 11) is 0. The van der Waals surface area contributed by atoms with Crippen LogP contribution in [0, 0.1) is 0 Å². The molecule has 0 unspecified atom stereocenters. The SMILES string of the molecule is C=C/C=C\C(=C\N=C(C)n1ccc2ccncc21)C(=C)C. The molecule has 21 heavy (non-hydrogen) atoms. The van der Waals surface area contributed by atoms with Gasteiger partial charge in [-0.2, -0.15) is 0 Å². The van der Waals surface area contributed by atoms with E-state index in [2.05, 4.69) is 29.2 Å². The summed E-state index contributed by atoms with van der Waals surface area (Å²) in [6.07, 6.45) is 13.0. The number of pyridine rings is 1. The quantitative estimate of drug-likeness (QED) is 0.459. The van der Waals surface area contributed by atoms with Gasteiger partial charge in [0.1, 0.15) is 5.84 Å². The van der Waals surface area contributed by atoms with Gasteiger partial charge in [0.2, 0.25) is 0 Å². The zero-order valence-corrected chi connectivity index (χ0v) is 12.5. The first-order valence-electron chi connectivity index (χ1n) is 6.74. The molecule has 3 nitrogen and oxygen atoms in total. The summed E-state index contributed by atoms with van der Waals surface area (Å²) in [5.74, 6) is 0.878. The Morgan fingerprint density at radius 3 is 2.86 bits per heavy atom. The molecule has 0 N–H and O–H groups in total. The lowest BCUT2D eigenvalue weighted by molar-refractivity contribution is 1.17. The molecule has 0 atom stereocenters. The molecule has 0 saturated carbocycles. The molecule has 2 aromatic rings. The Hall–Kier alpha value is -2.68. The monoisotopic (exact) mass is 277 g/mol. The van der Waals surface area contributed by atoms with Gasteiger partial charge in [0.25, 0.3) is 0 Å². The van der Waals surface area contributed by atoms with Crippen LogP contribution in [0.15, 0.2) is 84.4 Å². The minimum Gasteiger partial charge on any atom is -0.303 e. The van der Waals surface area contributed by atoms with Gasteiger partial charge in [-0.05, 0) is 37.1 Å². The molecule has 0 aliphatic carbocycles. The van der Waals surface area contributed by atoms with Gasteiger partial charge in [-0.3, -0.25) is 4.98 Å². The fourth-order valence-electron chi connectivity index (χ4n) is 1.95. The molecule has 0 bridgehead atoms. The number of nitrogens with zero attached hydrogens (tertiary/aromatic N) is 3. The largest absolute Gasteiger partial charge is 0.303 e. The van der Waals surface area contributed by atoms with Crippen molar-refractivity contribution in [2.24, 2.45) is 4.99 Å². The van der Waals surface area contributed by atoms with E-state index < -0.39 is 0 Å². The van der Waals surface area contributed by atoms with Crippen LogP contribution >= 0.6 is 0 Å². The Balaban J connectivity index is 2.38. The van der Waals surface area contributed by atoms with Gasteiger partial charge < -0.3 is 4.57 Å². The summed E-state index contributed by atoms with van der Waals surface area (Å²) < 4.78 is 2.02. The van der Waals surface area contributed by atoms with Gasteiger partial charge in [-0.15, -0.1) is 0 Å². The average molecular weight is 277 g/mol. The second kappa shape index (κ2) is 6.66. The van der Waals surface area contributed by atoms with Crippen molar-refractivity contribution < 1.29 is 0 Å². The lowest BCUT2D eigenvalue weighted by Gasteiger charge is -2.04. The summed E-state index contributed by atoms with van der Waals surface area (Å²) in [5.41, 5.74) is 2.98. The molecule has 3 heteroatoms. The molecule has 0 aromatic carbocycles. The molecular formula is C18H19N3. The summed E-state index contributed by atoms with van der Waals surface area (Å²) >= 11 is 0. The summed E-state index contributed by atoms with van der Waals surface area (Å²) in [5, 5.41) is 1.15. The van der Waals surface area contributed by atoms with E-state index in [9.17, 15) is 0 Å². The van der Waals surface area contributed by atoms with Crippen LogP contribution in [-0.4, -0.2) is 15.4 Å². The highest BCUT2D eigenvalue weighted by atomic mass is 15.0. The molecule has 2 aromatic heterocycles. The van der Waals surface area contributed by atoms with Crippen molar-refractivity contribution in [1.29, 1.82) is 0 Å². The van der Waals surface area contributed by atoms with Crippen molar-refractivity contribution in [2.75, 3.05) is 0 Å². The first-order chi connectivity index (χ1) is 10.1. The third-order valence-electron chi connectivity index (χ3n) is 3.14. The minimum atomic E-state index is 0.878. The number of fused-ring (bicyclic) bond motifs is 1. The maximum Gasteiger partial charge on any atom is 0.110 e. The van der Waals surface area contributed by atoms with E-state index in [0.717, 1.165) is 27.9 Å². The van der Waals surface area contributed by atoms with E-state index in [4.69, 9.17) is 0 Å². The van der Waals surface area contributed by atoms with Crippen LogP contribution in [0.25, 0.3) is 10.9 Å². The Labute approximate surface area is 125 Å². The number of rotatable bonds is 4. The first-order valence-corrected chi connectivity index (χ1v) is 6.74. The van der Waals surface area contributed by atoms with E-state index in [1.807, 2.05) is 55.2 Å². The Morgan fingerprint density at radius 1 is 1.33 bits per heavy atom. The summed E-state index contributed by atoms with van der Waals surface area (Å²) in [4.78, 5) is 8.70. The normalized spacial score (nSPS) is 13.0. The zero-order valence-electron chi connectivity index (χ0n) is 12.5. The maximum absolute atomic E-state index is 4.53. The van der Waals surface area contributed by atoms with Crippen LogP contribution < -0.4 is 0 Å². The topological polar surface area (TPSA) is 30.2 Å². The zero-order chi connectivity index (χ0) is 15.2. The number of allylic oxidation sites excluding steroid dienone is 5. The van der Waals surface area contributed by atoms with Crippen LogP contribution in [0.1, 0.15) is 13.8 Å². The highest BCUT2D eigenvalue weighted by Crippen LogP contribution is 2.14. The molecular weight excluding hydrogens is 258 g/mol. The highest BCUT2D eigenvalue weighted by molar-refractivity contribution is 5.93. The van der Waals surface area contributed by atoms with Crippen LogP contribution in [-0.2, 0) is 0 Å². The second-order valence-electron chi connectivity index (χ2n) is 4.76. The summed E-state index contributed by atoms with van der Waals surface area (Å²) in [6, 6.07) is 4.04. The maximum atomic E-state index is 4.53. The highest BCUT2D eigenvalue weighted by Gasteiger charge is 2.02. The molecule has 2 heterocycles. The third kappa shape index (κ3) is 3.45. The van der Waals surface area contributed by atoms with Crippen molar-refractivity contribution in [2.45, 2.75) is 13.8 Å². The number of hydrogen-bond donors (Lipinski definition) is 0. The lowest BCUT2D eigenvalue weighted by atomic mass is 10.1. The van der Waals surface area contributed by atoms with Gasteiger partial charge in [-0.1, -0.05) is 31.4 Å². The molecule has 0 spiro atoms. The van der Waals surface area contributed by atoms with Crippen LogP contribution in [0.2, 0.25) is 0 Å². The van der Waals surface area contributed by atoms with Gasteiger partial charge >= 0.3 is 0 Å². The van der Waals surface area contributed by atoms with Crippen molar-refractivity contribution in [3.63, 3.8) is 0 Å². The number of aromatic nitrogens is 2. The number of hydrogen-bond acceptors (Lipinski definition) is 2. The van der Waals surface area contributed by atoms with Crippen molar-refractivity contribution in [3.8, 4) is 0 Å². The fraction of sp³-hybridized carbons (Fsp3) is 0.111. The molecule has 0 radical (unpaired) electrons. The van der Waals surface area contributed by atoms with E-state index in [0.29, 0.717) is 0 Å². The van der Waals surface area contributed by atoms with Gasteiger partial charge in [0, 0.05) is 24.0 Å². The average Bonchev–Trinajstić information content (AvgIpc) is 2.90. The van der Waals surface area contributed by atoms with Crippen LogP contribution in [0.4, 0.5) is 0 Å². The molecule has 106 valence electrons. The van der Waals surface area contributed by atoms with Crippen LogP contribution in [0.5, 0.6) is 0 Å². The van der Waals surface area contributed by atoms with E-state index in [1.165, 1.54) is 0 Å². The Morgan fingerprint density at radius 2 is 2.14 bits per heavy atom. The van der Waals surface area contributed by atoms with E-state index >= 15 is 0 Å². The predicted octanol–water partition coefficient (Wildman–Crippen LogP) is 4.51. The molecule has 0 saturated heterocycles. The standard InChI is InChI=1S/C18H19N3/c1-5-6-7-17(14(2)3)12-20-15(4)21-11-9-16-8-10-19-13-18(16)21/h5-13H,1-2H2,3-4H3/b7-6-,17-12-,20-15?. The fourth-order valence-corrected chi connectivity index (χ4v) is 1.95. The van der Waals surface area contributed by atoms with E-state index in [1.54, 1.807) is 12.3 Å².